The summed E-state index contributed by atoms with van der Waals surface area (Å²) >= 11 is 0. The normalized spacial score (nSPS) is 10.4. The van der Waals surface area contributed by atoms with Gasteiger partial charge >= 0.3 is 5.97 Å². The van der Waals surface area contributed by atoms with Crippen LogP contribution in [-0.2, 0) is 9.53 Å². The summed E-state index contributed by atoms with van der Waals surface area (Å²) in [7, 11) is 0. The molecule has 0 aliphatic carbocycles. The molecule has 0 heterocycles. The van der Waals surface area contributed by atoms with Crippen LogP contribution < -0.4 is 5.32 Å². The Balaban J connectivity index is 2.47. The highest BCUT2D eigenvalue weighted by molar-refractivity contribution is 5.91. The van der Waals surface area contributed by atoms with Crippen molar-refractivity contribution in [2.75, 3.05) is 13.2 Å². The fraction of sp³-hybridized carbons (Fsp3) is 0.467. The number of hydrogen-bond acceptors (Lipinski definition) is 3. The van der Waals surface area contributed by atoms with E-state index >= 15 is 0 Å². The van der Waals surface area contributed by atoms with E-state index in [4.69, 9.17) is 4.74 Å². The first-order valence-corrected chi connectivity index (χ1v) is 6.41. The SMILES string of the molecule is Cc1ccc(C(=O)OCC(=O)NCC(C)C)cc1C. The number of esters is 1. The molecule has 0 bridgehead atoms. The Morgan fingerprint density at radius 1 is 1.21 bits per heavy atom. The van der Waals surface area contributed by atoms with Crippen LogP contribution in [-0.4, -0.2) is 25.0 Å². The van der Waals surface area contributed by atoms with Gasteiger partial charge in [-0.15, -0.1) is 0 Å². The third-order valence-electron chi connectivity index (χ3n) is 2.78. The molecule has 4 nitrogen and oxygen atoms in total. The minimum absolute atomic E-state index is 0.238. The van der Waals surface area contributed by atoms with Crippen molar-refractivity contribution in [1.82, 2.24) is 5.32 Å². The third kappa shape index (κ3) is 5.12. The van der Waals surface area contributed by atoms with Crippen LogP contribution in [0, 0.1) is 19.8 Å². The van der Waals surface area contributed by atoms with Crippen LogP contribution in [0.4, 0.5) is 0 Å². The van der Waals surface area contributed by atoms with E-state index in [9.17, 15) is 9.59 Å². The van der Waals surface area contributed by atoms with Crippen LogP contribution in [0.15, 0.2) is 18.2 Å². The molecular weight excluding hydrogens is 242 g/mol. The van der Waals surface area contributed by atoms with E-state index < -0.39 is 5.97 Å². The van der Waals surface area contributed by atoms with Crippen molar-refractivity contribution in [2.45, 2.75) is 27.7 Å². The predicted molar refractivity (Wildman–Crippen MR) is 74.0 cm³/mol. The number of carbonyl (C=O) groups excluding carboxylic acids is 2. The number of carbonyl (C=O) groups is 2. The van der Waals surface area contributed by atoms with Crippen LogP contribution >= 0.6 is 0 Å². The second kappa shape index (κ2) is 6.92. The number of nitrogens with one attached hydrogen (secondary N) is 1. The molecule has 0 spiro atoms. The molecule has 1 N–H and O–H groups in total. The Kier molecular flexibility index (Phi) is 5.55. The first-order valence-electron chi connectivity index (χ1n) is 6.41. The van der Waals surface area contributed by atoms with Crippen molar-refractivity contribution in [3.8, 4) is 0 Å². The standard InChI is InChI=1S/C15H21NO3/c1-10(2)8-16-14(17)9-19-15(18)13-6-5-11(3)12(4)7-13/h5-7,10H,8-9H2,1-4H3,(H,16,17). The number of aryl methyl sites for hydroxylation is 2. The van der Waals surface area contributed by atoms with E-state index in [0.29, 0.717) is 18.0 Å². The molecule has 0 unspecified atom stereocenters. The van der Waals surface area contributed by atoms with Crippen LogP contribution in [0.3, 0.4) is 0 Å². The summed E-state index contributed by atoms with van der Waals surface area (Å²) in [6.07, 6.45) is 0. The van der Waals surface area contributed by atoms with E-state index in [1.54, 1.807) is 12.1 Å². The van der Waals surface area contributed by atoms with Gasteiger partial charge < -0.3 is 10.1 Å². The lowest BCUT2D eigenvalue weighted by Crippen LogP contribution is -2.31. The van der Waals surface area contributed by atoms with Crippen LogP contribution in [0.5, 0.6) is 0 Å². The predicted octanol–water partition coefficient (Wildman–Crippen LogP) is 2.23. The highest BCUT2D eigenvalue weighted by Crippen LogP contribution is 2.10. The minimum atomic E-state index is -0.470. The number of ether oxygens (including phenoxy) is 1. The van der Waals surface area contributed by atoms with Crippen molar-refractivity contribution in [3.63, 3.8) is 0 Å². The maximum atomic E-state index is 11.7. The smallest absolute Gasteiger partial charge is 0.338 e. The fourth-order valence-electron chi connectivity index (χ4n) is 1.45. The number of rotatable bonds is 5. The second-order valence-electron chi connectivity index (χ2n) is 5.07. The largest absolute Gasteiger partial charge is 0.452 e. The summed E-state index contributed by atoms with van der Waals surface area (Å²) in [6.45, 7) is 8.26. The third-order valence-corrected chi connectivity index (χ3v) is 2.78. The number of amides is 1. The molecule has 1 aromatic carbocycles. The summed E-state index contributed by atoms with van der Waals surface area (Å²) < 4.78 is 4.97. The van der Waals surface area contributed by atoms with Gasteiger partial charge in [0.1, 0.15) is 0 Å². The first kappa shape index (κ1) is 15.2. The highest BCUT2D eigenvalue weighted by Gasteiger charge is 2.10. The zero-order valence-electron chi connectivity index (χ0n) is 11.9. The maximum Gasteiger partial charge on any atom is 0.338 e. The molecule has 0 saturated carbocycles. The summed E-state index contributed by atoms with van der Waals surface area (Å²) in [5.41, 5.74) is 2.62. The molecule has 0 atom stereocenters. The van der Waals surface area contributed by atoms with Gasteiger partial charge in [0.15, 0.2) is 6.61 Å². The summed E-state index contributed by atoms with van der Waals surface area (Å²) in [6, 6.07) is 5.34. The van der Waals surface area contributed by atoms with Crippen molar-refractivity contribution in [2.24, 2.45) is 5.92 Å². The lowest BCUT2D eigenvalue weighted by molar-refractivity contribution is -0.124. The second-order valence-corrected chi connectivity index (χ2v) is 5.07. The molecule has 1 aromatic rings. The van der Waals surface area contributed by atoms with Crippen molar-refractivity contribution >= 4 is 11.9 Å². The van der Waals surface area contributed by atoms with Gasteiger partial charge in [-0.3, -0.25) is 4.79 Å². The number of hydrogen-bond donors (Lipinski definition) is 1. The van der Waals surface area contributed by atoms with Gasteiger partial charge in [0.25, 0.3) is 5.91 Å². The zero-order chi connectivity index (χ0) is 14.4. The molecule has 1 rings (SSSR count). The van der Waals surface area contributed by atoms with Gasteiger partial charge in [0.05, 0.1) is 5.56 Å². The summed E-state index contributed by atoms with van der Waals surface area (Å²) in [4.78, 5) is 23.2. The van der Waals surface area contributed by atoms with Gasteiger partial charge in [-0.25, -0.2) is 4.79 Å². The van der Waals surface area contributed by atoms with E-state index in [0.717, 1.165) is 11.1 Å². The first-order chi connectivity index (χ1) is 8.90. The Morgan fingerprint density at radius 3 is 2.47 bits per heavy atom. The van der Waals surface area contributed by atoms with Crippen molar-refractivity contribution < 1.29 is 14.3 Å². The van der Waals surface area contributed by atoms with E-state index in [-0.39, 0.29) is 12.5 Å². The fourth-order valence-corrected chi connectivity index (χ4v) is 1.45. The molecule has 104 valence electrons. The Morgan fingerprint density at radius 2 is 1.89 bits per heavy atom. The lowest BCUT2D eigenvalue weighted by atomic mass is 10.1. The lowest BCUT2D eigenvalue weighted by Gasteiger charge is -2.09. The average Bonchev–Trinajstić information content (AvgIpc) is 2.36. The van der Waals surface area contributed by atoms with Gasteiger partial charge in [-0.2, -0.15) is 0 Å². The van der Waals surface area contributed by atoms with Crippen LogP contribution in [0.2, 0.25) is 0 Å². The molecule has 4 heteroatoms. The molecule has 0 aliphatic rings. The molecule has 1 amide bonds. The summed E-state index contributed by atoms with van der Waals surface area (Å²) in [5, 5.41) is 2.69. The average molecular weight is 263 g/mol. The van der Waals surface area contributed by atoms with Crippen LogP contribution in [0.1, 0.15) is 35.3 Å². The maximum absolute atomic E-state index is 11.7. The highest BCUT2D eigenvalue weighted by atomic mass is 16.5. The Bertz CT molecular complexity index is 466. The van der Waals surface area contributed by atoms with Gasteiger partial charge in [0.2, 0.25) is 0 Å². The monoisotopic (exact) mass is 263 g/mol. The Labute approximate surface area is 114 Å². The van der Waals surface area contributed by atoms with Crippen molar-refractivity contribution in [3.05, 3.63) is 34.9 Å². The van der Waals surface area contributed by atoms with Crippen LogP contribution in [0.25, 0.3) is 0 Å². The molecule has 0 aromatic heterocycles. The van der Waals surface area contributed by atoms with E-state index in [1.165, 1.54) is 0 Å². The van der Waals surface area contributed by atoms with Gasteiger partial charge in [-0.05, 0) is 43.0 Å². The molecule has 0 radical (unpaired) electrons. The molecular formula is C15H21NO3. The zero-order valence-corrected chi connectivity index (χ0v) is 11.9. The van der Waals surface area contributed by atoms with Crippen molar-refractivity contribution in [1.29, 1.82) is 0 Å². The molecule has 0 aliphatic heterocycles. The Hall–Kier alpha value is -1.84. The summed E-state index contributed by atoms with van der Waals surface area (Å²) in [5.74, 6) is -0.368. The van der Waals surface area contributed by atoms with E-state index in [2.05, 4.69) is 5.32 Å². The van der Waals surface area contributed by atoms with Gasteiger partial charge in [-0.1, -0.05) is 19.9 Å². The van der Waals surface area contributed by atoms with Gasteiger partial charge in [0, 0.05) is 6.54 Å². The molecule has 0 fully saturated rings. The molecule has 0 saturated heterocycles. The van der Waals surface area contributed by atoms with E-state index in [1.807, 2.05) is 33.8 Å². The number of benzene rings is 1. The minimum Gasteiger partial charge on any atom is -0.452 e. The topological polar surface area (TPSA) is 55.4 Å². The molecule has 19 heavy (non-hydrogen) atoms. The quantitative estimate of drug-likeness (QED) is 0.829.